The second-order valence-electron chi connectivity index (χ2n) is 5.78. The average Bonchev–Trinajstić information content (AvgIpc) is 2.82. The quantitative estimate of drug-likeness (QED) is 0.695. The van der Waals surface area contributed by atoms with Crippen LogP contribution in [0.3, 0.4) is 0 Å². The topological polar surface area (TPSA) is 76.5 Å². The van der Waals surface area contributed by atoms with E-state index in [-0.39, 0.29) is 16.8 Å². The maximum Gasteiger partial charge on any atom is 0.359 e. The first-order valence-corrected chi connectivity index (χ1v) is 6.58. The van der Waals surface area contributed by atoms with Crippen molar-refractivity contribution in [1.82, 2.24) is 14.4 Å². The van der Waals surface area contributed by atoms with Gasteiger partial charge in [-0.1, -0.05) is 12.1 Å². The Morgan fingerprint density at radius 3 is 2.71 bits per heavy atom. The van der Waals surface area contributed by atoms with E-state index in [1.807, 2.05) is 18.2 Å². The van der Waals surface area contributed by atoms with Crippen molar-refractivity contribution in [3.63, 3.8) is 0 Å². The molecule has 0 saturated carbocycles. The summed E-state index contributed by atoms with van der Waals surface area (Å²) in [7, 11) is 0. The number of hydrogen-bond donors (Lipinski definition) is 1. The molecule has 1 aromatic carbocycles. The fraction of sp³-hybridized carbons (Fsp3) is 0.267. The molecule has 0 bridgehead atoms. The van der Waals surface area contributed by atoms with Crippen molar-refractivity contribution in [3.05, 3.63) is 46.6 Å². The van der Waals surface area contributed by atoms with E-state index in [9.17, 15) is 9.59 Å². The normalized spacial score (nSPS) is 12.0. The third kappa shape index (κ3) is 2.29. The van der Waals surface area contributed by atoms with Gasteiger partial charge in [0.05, 0.1) is 11.0 Å². The number of benzene rings is 1. The zero-order valence-electron chi connectivity index (χ0n) is 12.0. The third-order valence-corrected chi connectivity index (χ3v) is 2.99. The Balaban J connectivity index is 2.25. The molecule has 6 nitrogen and oxygen atoms in total. The highest BCUT2D eigenvalue weighted by molar-refractivity contribution is 5.96. The van der Waals surface area contributed by atoms with Gasteiger partial charge in [0.2, 0.25) is 0 Å². The van der Waals surface area contributed by atoms with Crippen LogP contribution in [-0.2, 0) is 4.74 Å². The number of H-pyrrole nitrogens is 1. The van der Waals surface area contributed by atoms with Crippen LogP contribution < -0.4 is 5.56 Å². The molecular weight excluding hydrogens is 270 g/mol. The minimum Gasteiger partial charge on any atom is -0.455 e. The van der Waals surface area contributed by atoms with Crippen LogP contribution in [0.15, 0.2) is 35.4 Å². The molecule has 108 valence electrons. The van der Waals surface area contributed by atoms with Crippen molar-refractivity contribution in [2.75, 3.05) is 0 Å². The van der Waals surface area contributed by atoms with E-state index in [4.69, 9.17) is 4.74 Å². The number of para-hydroxylation sites is 2. The first kappa shape index (κ1) is 13.4. The number of hydrogen-bond acceptors (Lipinski definition) is 4. The van der Waals surface area contributed by atoms with Gasteiger partial charge in [-0.05, 0) is 32.9 Å². The molecule has 2 aromatic heterocycles. The van der Waals surface area contributed by atoms with E-state index in [1.54, 1.807) is 31.2 Å². The summed E-state index contributed by atoms with van der Waals surface area (Å²) in [6.07, 6.45) is 1.46. The summed E-state index contributed by atoms with van der Waals surface area (Å²) in [6, 6.07) is 7.32. The van der Waals surface area contributed by atoms with Gasteiger partial charge in [-0.2, -0.15) is 0 Å². The monoisotopic (exact) mass is 285 g/mol. The van der Waals surface area contributed by atoms with Crippen LogP contribution in [0.5, 0.6) is 0 Å². The lowest BCUT2D eigenvalue weighted by Gasteiger charge is -2.18. The minimum atomic E-state index is -0.642. The molecule has 0 atom stereocenters. The first-order valence-electron chi connectivity index (χ1n) is 6.58. The smallest absolute Gasteiger partial charge is 0.359 e. The summed E-state index contributed by atoms with van der Waals surface area (Å²) in [6.45, 7) is 5.30. The van der Waals surface area contributed by atoms with Gasteiger partial charge in [-0.25, -0.2) is 9.78 Å². The number of rotatable bonds is 1. The Labute approximate surface area is 120 Å². The van der Waals surface area contributed by atoms with E-state index in [0.717, 1.165) is 5.52 Å². The van der Waals surface area contributed by atoms with Crippen molar-refractivity contribution in [3.8, 4) is 0 Å². The maximum absolute atomic E-state index is 12.2. The summed E-state index contributed by atoms with van der Waals surface area (Å²) in [5.74, 6) is -0.606. The Morgan fingerprint density at radius 1 is 1.29 bits per heavy atom. The molecule has 0 saturated heterocycles. The van der Waals surface area contributed by atoms with Gasteiger partial charge < -0.3 is 9.72 Å². The van der Waals surface area contributed by atoms with Crippen molar-refractivity contribution >= 4 is 22.5 Å². The largest absolute Gasteiger partial charge is 0.455 e. The average molecular weight is 285 g/mol. The lowest BCUT2D eigenvalue weighted by atomic mass is 10.2. The second-order valence-corrected chi connectivity index (χ2v) is 5.78. The number of aromatic nitrogens is 3. The number of fused-ring (bicyclic) bond motifs is 3. The van der Waals surface area contributed by atoms with Crippen molar-refractivity contribution in [1.29, 1.82) is 0 Å². The summed E-state index contributed by atoms with van der Waals surface area (Å²) in [4.78, 5) is 31.2. The Hall–Kier alpha value is -2.63. The van der Waals surface area contributed by atoms with Gasteiger partial charge in [0.15, 0.2) is 5.69 Å². The predicted octanol–water partition coefficient (Wildman–Crippen LogP) is 2.13. The van der Waals surface area contributed by atoms with Crippen LogP contribution in [0.25, 0.3) is 16.6 Å². The molecule has 0 unspecified atom stereocenters. The number of nitrogens with zero attached hydrogens (tertiary/aromatic N) is 2. The van der Waals surface area contributed by atoms with Crippen LogP contribution >= 0.6 is 0 Å². The third-order valence-electron chi connectivity index (χ3n) is 2.99. The number of aromatic amines is 1. The number of nitrogens with one attached hydrogen (secondary N) is 1. The van der Waals surface area contributed by atoms with E-state index >= 15 is 0 Å². The van der Waals surface area contributed by atoms with Gasteiger partial charge >= 0.3 is 5.97 Å². The molecule has 3 rings (SSSR count). The van der Waals surface area contributed by atoms with Crippen LogP contribution in [-0.4, -0.2) is 25.9 Å². The molecule has 3 aromatic rings. The van der Waals surface area contributed by atoms with Crippen molar-refractivity contribution in [2.45, 2.75) is 26.4 Å². The molecular formula is C15H15N3O3. The van der Waals surface area contributed by atoms with Gasteiger partial charge in [-0.3, -0.25) is 9.20 Å². The Morgan fingerprint density at radius 2 is 2.00 bits per heavy atom. The van der Waals surface area contributed by atoms with Gasteiger partial charge in [0.1, 0.15) is 17.4 Å². The Bertz CT molecular complexity index is 900. The molecule has 0 aliphatic heterocycles. The van der Waals surface area contributed by atoms with Gasteiger partial charge in [0, 0.05) is 0 Å². The summed E-state index contributed by atoms with van der Waals surface area (Å²) < 4.78 is 6.89. The molecule has 0 amide bonds. The molecule has 2 heterocycles. The molecule has 21 heavy (non-hydrogen) atoms. The highest BCUT2D eigenvalue weighted by Crippen LogP contribution is 2.17. The zero-order valence-corrected chi connectivity index (χ0v) is 12.0. The number of carbonyl (C=O) groups is 1. The van der Waals surface area contributed by atoms with E-state index < -0.39 is 11.6 Å². The van der Waals surface area contributed by atoms with E-state index in [1.165, 1.54) is 6.33 Å². The summed E-state index contributed by atoms with van der Waals surface area (Å²) in [5.41, 5.74) is 0.667. The number of esters is 1. The highest BCUT2D eigenvalue weighted by Gasteiger charge is 2.23. The van der Waals surface area contributed by atoms with Crippen molar-refractivity contribution < 1.29 is 9.53 Å². The number of carbonyl (C=O) groups excluding carboxylic acids is 1. The van der Waals surface area contributed by atoms with Crippen LogP contribution in [0.4, 0.5) is 0 Å². The van der Waals surface area contributed by atoms with E-state index in [2.05, 4.69) is 9.97 Å². The van der Waals surface area contributed by atoms with Crippen molar-refractivity contribution in [2.24, 2.45) is 0 Å². The summed E-state index contributed by atoms with van der Waals surface area (Å²) >= 11 is 0. The standard InChI is InChI=1S/C15H15N3O3/c1-15(2,3)21-14(20)11-12-13(19)17-9-6-4-5-7-10(9)18(12)8-16-11/h4-8H,1-3H3,(H,17,19). The SMILES string of the molecule is CC(C)(C)OC(=O)c1ncn2c1c(=O)[nH]c1ccccc12. The fourth-order valence-corrected chi connectivity index (χ4v) is 2.19. The van der Waals surface area contributed by atoms with Gasteiger partial charge in [-0.15, -0.1) is 0 Å². The molecule has 0 fully saturated rings. The Kier molecular flexibility index (Phi) is 2.83. The predicted molar refractivity (Wildman–Crippen MR) is 78.5 cm³/mol. The molecule has 0 aliphatic carbocycles. The molecule has 6 heteroatoms. The molecule has 0 spiro atoms. The van der Waals surface area contributed by atoms with Gasteiger partial charge in [0.25, 0.3) is 5.56 Å². The van der Waals surface area contributed by atoms with Crippen LogP contribution in [0.2, 0.25) is 0 Å². The van der Waals surface area contributed by atoms with E-state index in [0.29, 0.717) is 5.52 Å². The van der Waals surface area contributed by atoms with Crippen LogP contribution in [0.1, 0.15) is 31.3 Å². The van der Waals surface area contributed by atoms with Crippen LogP contribution in [0, 0.1) is 0 Å². The molecule has 1 N–H and O–H groups in total. The highest BCUT2D eigenvalue weighted by atomic mass is 16.6. The second kappa shape index (κ2) is 4.44. The first-order chi connectivity index (χ1) is 9.87. The summed E-state index contributed by atoms with van der Waals surface area (Å²) in [5, 5.41) is 0. The number of ether oxygens (including phenoxy) is 1. The lowest BCUT2D eigenvalue weighted by Crippen LogP contribution is -2.25. The fourth-order valence-electron chi connectivity index (χ4n) is 2.19. The molecule has 0 radical (unpaired) electrons. The molecule has 0 aliphatic rings. The lowest BCUT2D eigenvalue weighted by molar-refractivity contribution is 0.00657. The maximum atomic E-state index is 12.2. The minimum absolute atomic E-state index is 0.0249. The number of imidazole rings is 1. The zero-order chi connectivity index (χ0) is 15.2.